The summed E-state index contributed by atoms with van der Waals surface area (Å²) in [4.78, 5) is 5.04. The zero-order chi connectivity index (χ0) is 14.0. The number of nitrogens with two attached hydrogens (primary N) is 1. The van der Waals surface area contributed by atoms with Crippen LogP contribution in [0.3, 0.4) is 0 Å². The van der Waals surface area contributed by atoms with Crippen LogP contribution in [0.15, 0.2) is 21.3 Å². The number of rotatable bonds is 3. The minimum atomic E-state index is -3.13. The minimum absolute atomic E-state index is 0. The van der Waals surface area contributed by atoms with Crippen molar-refractivity contribution < 1.29 is 8.42 Å². The summed E-state index contributed by atoms with van der Waals surface area (Å²) in [6.45, 7) is 6.35. The SMILES string of the molecule is CC(C)(C)NC(N)=NCc1ccc(S(C)(=O)=O)s1.I. The Hall–Kier alpha value is -0.350. The Morgan fingerprint density at radius 2 is 2.00 bits per heavy atom. The first-order valence-electron chi connectivity index (χ1n) is 5.45. The van der Waals surface area contributed by atoms with E-state index in [4.69, 9.17) is 5.73 Å². The predicted molar refractivity (Wildman–Crippen MR) is 91.1 cm³/mol. The lowest BCUT2D eigenvalue weighted by Crippen LogP contribution is -2.44. The van der Waals surface area contributed by atoms with Gasteiger partial charge in [-0.3, -0.25) is 0 Å². The van der Waals surface area contributed by atoms with Gasteiger partial charge in [0.25, 0.3) is 0 Å². The largest absolute Gasteiger partial charge is 0.370 e. The molecule has 1 aromatic rings. The van der Waals surface area contributed by atoms with E-state index in [0.717, 1.165) is 4.88 Å². The highest BCUT2D eigenvalue weighted by atomic mass is 127. The zero-order valence-electron chi connectivity index (χ0n) is 11.4. The Morgan fingerprint density at radius 3 is 2.42 bits per heavy atom. The summed E-state index contributed by atoms with van der Waals surface area (Å²) in [7, 11) is -3.13. The normalized spacial score (nSPS) is 12.9. The van der Waals surface area contributed by atoms with Crippen molar-refractivity contribution in [3.8, 4) is 0 Å². The van der Waals surface area contributed by atoms with Crippen molar-refractivity contribution in [3.63, 3.8) is 0 Å². The molecule has 0 aromatic carbocycles. The summed E-state index contributed by atoms with van der Waals surface area (Å²) < 4.78 is 23.0. The molecule has 0 fully saturated rings. The molecule has 19 heavy (non-hydrogen) atoms. The van der Waals surface area contributed by atoms with Gasteiger partial charge in [0, 0.05) is 16.7 Å². The van der Waals surface area contributed by atoms with Crippen LogP contribution in [0.4, 0.5) is 0 Å². The summed E-state index contributed by atoms with van der Waals surface area (Å²) >= 11 is 1.22. The van der Waals surface area contributed by atoms with Crippen LogP contribution in [0.1, 0.15) is 25.6 Å². The van der Waals surface area contributed by atoms with Gasteiger partial charge in [-0.1, -0.05) is 0 Å². The first kappa shape index (κ1) is 18.7. The van der Waals surface area contributed by atoms with Crippen molar-refractivity contribution in [2.75, 3.05) is 6.26 Å². The maximum absolute atomic E-state index is 11.3. The van der Waals surface area contributed by atoms with Crippen LogP contribution in [-0.2, 0) is 16.4 Å². The molecule has 0 amide bonds. The number of hydrogen-bond acceptors (Lipinski definition) is 4. The molecule has 110 valence electrons. The summed E-state index contributed by atoms with van der Waals surface area (Å²) in [5.41, 5.74) is 5.59. The number of thiophene rings is 1. The molecule has 8 heteroatoms. The highest BCUT2D eigenvalue weighted by Gasteiger charge is 2.11. The van der Waals surface area contributed by atoms with Gasteiger partial charge in [0.15, 0.2) is 15.8 Å². The number of sulfone groups is 1. The van der Waals surface area contributed by atoms with Crippen molar-refractivity contribution in [1.82, 2.24) is 5.32 Å². The number of guanidine groups is 1. The first-order valence-corrected chi connectivity index (χ1v) is 8.15. The van der Waals surface area contributed by atoms with Gasteiger partial charge in [-0.2, -0.15) is 0 Å². The van der Waals surface area contributed by atoms with Gasteiger partial charge in [0.1, 0.15) is 4.21 Å². The van der Waals surface area contributed by atoms with E-state index >= 15 is 0 Å². The van der Waals surface area contributed by atoms with Crippen LogP contribution in [0.2, 0.25) is 0 Å². The second-order valence-corrected chi connectivity index (χ2v) is 8.48. The van der Waals surface area contributed by atoms with Gasteiger partial charge < -0.3 is 11.1 Å². The zero-order valence-corrected chi connectivity index (χ0v) is 15.4. The van der Waals surface area contributed by atoms with Gasteiger partial charge in [0.05, 0.1) is 6.54 Å². The molecule has 1 heterocycles. The predicted octanol–water partition coefficient (Wildman–Crippen LogP) is 1.97. The molecule has 0 radical (unpaired) electrons. The lowest BCUT2D eigenvalue weighted by Gasteiger charge is -2.20. The molecule has 0 aliphatic heterocycles. The third-order valence-corrected chi connectivity index (χ3v) is 4.80. The number of halogens is 1. The van der Waals surface area contributed by atoms with E-state index in [1.807, 2.05) is 20.8 Å². The Balaban J connectivity index is 0.00000324. The molecule has 0 saturated carbocycles. The summed E-state index contributed by atoms with van der Waals surface area (Å²) in [5, 5.41) is 3.04. The maximum atomic E-state index is 11.3. The van der Waals surface area contributed by atoms with Gasteiger partial charge in [-0.05, 0) is 32.9 Å². The molecule has 3 N–H and O–H groups in total. The van der Waals surface area contributed by atoms with Crippen LogP contribution in [0.25, 0.3) is 0 Å². The molecule has 1 rings (SSSR count). The van der Waals surface area contributed by atoms with Crippen LogP contribution >= 0.6 is 35.3 Å². The molecule has 0 saturated heterocycles. The number of hydrogen-bond donors (Lipinski definition) is 2. The maximum Gasteiger partial charge on any atom is 0.189 e. The van der Waals surface area contributed by atoms with Crippen LogP contribution in [-0.4, -0.2) is 26.2 Å². The lowest BCUT2D eigenvalue weighted by atomic mass is 10.1. The first-order chi connectivity index (χ1) is 8.08. The van der Waals surface area contributed by atoms with Crippen LogP contribution in [0.5, 0.6) is 0 Å². The van der Waals surface area contributed by atoms with Gasteiger partial charge in [0.2, 0.25) is 0 Å². The molecule has 0 bridgehead atoms. The lowest BCUT2D eigenvalue weighted by molar-refractivity contribution is 0.508. The molecule has 0 aliphatic carbocycles. The van der Waals surface area contributed by atoms with Crippen LogP contribution in [0, 0.1) is 0 Å². The van der Waals surface area contributed by atoms with Crippen molar-refractivity contribution in [1.29, 1.82) is 0 Å². The van der Waals surface area contributed by atoms with E-state index in [2.05, 4.69) is 10.3 Å². The second kappa shape index (κ2) is 6.89. The van der Waals surface area contributed by atoms with E-state index in [0.29, 0.717) is 16.7 Å². The summed E-state index contributed by atoms with van der Waals surface area (Å²) in [6.07, 6.45) is 1.20. The summed E-state index contributed by atoms with van der Waals surface area (Å²) in [5.74, 6) is 0.358. The molecule has 0 unspecified atom stereocenters. The molecule has 0 atom stereocenters. The molecule has 0 aliphatic rings. The van der Waals surface area contributed by atoms with Gasteiger partial charge >= 0.3 is 0 Å². The van der Waals surface area contributed by atoms with E-state index in [-0.39, 0.29) is 29.5 Å². The van der Waals surface area contributed by atoms with Crippen LogP contribution < -0.4 is 11.1 Å². The monoisotopic (exact) mass is 417 g/mol. The smallest absolute Gasteiger partial charge is 0.189 e. The fourth-order valence-electron chi connectivity index (χ4n) is 1.23. The molecular formula is C11H20IN3O2S2. The van der Waals surface area contributed by atoms with E-state index in [1.54, 1.807) is 12.1 Å². The fourth-order valence-corrected chi connectivity index (χ4v) is 3.13. The van der Waals surface area contributed by atoms with Crippen molar-refractivity contribution >= 4 is 51.1 Å². The highest BCUT2D eigenvalue weighted by Crippen LogP contribution is 2.21. The Morgan fingerprint density at radius 1 is 1.42 bits per heavy atom. The number of aliphatic imine (C=N–C) groups is 1. The number of nitrogens with one attached hydrogen (secondary N) is 1. The third kappa shape index (κ3) is 7.11. The topological polar surface area (TPSA) is 84.5 Å². The highest BCUT2D eigenvalue weighted by molar-refractivity contribution is 14.0. The molecule has 1 aromatic heterocycles. The average molecular weight is 417 g/mol. The third-order valence-electron chi connectivity index (χ3n) is 1.91. The van der Waals surface area contributed by atoms with E-state index < -0.39 is 9.84 Å². The quantitative estimate of drug-likeness (QED) is 0.448. The van der Waals surface area contributed by atoms with Gasteiger partial charge in [-0.25, -0.2) is 13.4 Å². The molecule has 5 nitrogen and oxygen atoms in total. The standard InChI is InChI=1S/C11H19N3O2S2.HI/c1-11(2,3)14-10(12)13-7-8-5-6-9(17-8)18(4,15)16;/h5-6H,7H2,1-4H3,(H3,12,13,14);1H. The van der Waals surface area contributed by atoms with Crippen molar-refractivity contribution in [2.45, 2.75) is 37.1 Å². The van der Waals surface area contributed by atoms with Crippen molar-refractivity contribution in [2.24, 2.45) is 10.7 Å². The van der Waals surface area contributed by atoms with Crippen molar-refractivity contribution in [3.05, 3.63) is 17.0 Å². The Bertz CT molecular complexity index is 545. The van der Waals surface area contributed by atoms with Gasteiger partial charge in [-0.15, -0.1) is 35.3 Å². The van der Waals surface area contributed by atoms with E-state index in [1.165, 1.54) is 17.6 Å². The fraction of sp³-hybridized carbons (Fsp3) is 0.545. The minimum Gasteiger partial charge on any atom is -0.370 e. The Labute approximate surface area is 135 Å². The second-order valence-electron chi connectivity index (χ2n) is 5.07. The number of nitrogens with zero attached hydrogens (tertiary/aromatic N) is 1. The Kier molecular flexibility index (Phi) is 6.76. The van der Waals surface area contributed by atoms with E-state index in [9.17, 15) is 8.42 Å². The molecule has 0 spiro atoms. The summed E-state index contributed by atoms with van der Waals surface area (Å²) in [6, 6.07) is 3.35. The molecular weight excluding hydrogens is 397 g/mol. The average Bonchev–Trinajstić information content (AvgIpc) is 2.59.